The molecule has 21 heteroatoms. The molecule has 4 N–H and O–H groups in total. The summed E-state index contributed by atoms with van der Waals surface area (Å²) in [6.07, 6.45) is 1.36. The summed E-state index contributed by atoms with van der Waals surface area (Å²) >= 11 is 12.0. The molecule has 1 atom stereocenters. The Morgan fingerprint density at radius 1 is 1.12 bits per heavy atom. The molecule has 0 spiro atoms. The Labute approximate surface area is 303 Å². The van der Waals surface area contributed by atoms with Gasteiger partial charge in [-0.05, 0) is 86.1 Å². The first-order valence-corrected chi connectivity index (χ1v) is 19.2. The molecule has 1 unspecified atom stereocenters. The van der Waals surface area contributed by atoms with E-state index < -0.39 is 43.1 Å². The molecule has 0 aliphatic carbocycles. The van der Waals surface area contributed by atoms with E-state index in [2.05, 4.69) is 50.6 Å². The normalized spacial score (nSPS) is 11.6. The number of benzene rings is 3. The first-order valence-electron chi connectivity index (χ1n) is 13.0. The summed E-state index contributed by atoms with van der Waals surface area (Å²) in [5, 5.41) is 38.4. The molecule has 0 saturated heterocycles. The minimum Gasteiger partial charge on any atom is -0.778 e. The Kier molecular flexibility index (Phi) is 20.5. The number of ether oxygens (including phenoxy) is 2. The number of nitrogens with one attached hydrogen (secondary N) is 1. The molecule has 0 aliphatic rings. The van der Waals surface area contributed by atoms with Crippen LogP contribution in [0.4, 0.5) is 18.9 Å². The number of aromatic hydroxyl groups is 1. The van der Waals surface area contributed by atoms with Gasteiger partial charge in [-0.2, -0.15) is 18.4 Å². The van der Waals surface area contributed by atoms with Crippen molar-refractivity contribution in [3.63, 3.8) is 0 Å². The topological polar surface area (TPSA) is 215 Å². The predicted octanol–water partition coefficient (Wildman–Crippen LogP) is 6.90. The van der Waals surface area contributed by atoms with Crippen molar-refractivity contribution in [3.05, 3.63) is 83.7 Å². The fraction of sp³-hybridized carbons (Fsp3) is 0.286. The van der Waals surface area contributed by atoms with Crippen LogP contribution < -0.4 is 19.7 Å². The third-order valence-corrected chi connectivity index (χ3v) is 6.78. The largest absolute Gasteiger partial charge is 0.778 e. The summed E-state index contributed by atoms with van der Waals surface area (Å²) in [7, 11) is -3.71. The molecule has 49 heavy (non-hydrogen) atoms. The number of nitriles is 1. The molecule has 0 aromatic heterocycles. The molecule has 0 fully saturated rings. The zero-order valence-corrected chi connectivity index (χ0v) is 31.6. The van der Waals surface area contributed by atoms with E-state index in [-0.39, 0.29) is 40.3 Å². The van der Waals surface area contributed by atoms with Gasteiger partial charge in [-0.3, -0.25) is 20.2 Å². The third-order valence-electron chi connectivity index (χ3n) is 4.65. The summed E-state index contributed by atoms with van der Waals surface area (Å²) < 4.78 is 59.4. The third kappa shape index (κ3) is 19.6. The Bertz CT molecular complexity index is 1640. The van der Waals surface area contributed by atoms with Crippen molar-refractivity contribution in [2.75, 3.05) is 38.2 Å². The first-order chi connectivity index (χ1) is 22.5. The lowest BCUT2D eigenvalue weighted by Crippen LogP contribution is -2.25. The molecule has 270 valence electrons. The highest BCUT2D eigenvalue weighted by Crippen LogP contribution is 2.38. The van der Waals surface area contributed by atoms with Crippen molar-refractivity contribution < 1.29 is 56.9 Å². The van der Waals surface area contributed by atoms with Gasteiger partial charge in [-0.15, -0.1) is 0 Å². The average molecular weight is 884 g/mol. The zero-order chi connectivity index (χ0) is 38.1. The van der Waals surface area contributed by atoms with E-state index in [9.17, 15) is 42.6 Å². The number of carboxylic acids is 1. The van der Waals surface area contributed by atoms with E-state index in [1.807, 2.05) is 11.4 Å². The highest BCUT2D eigenvalue weighted by molar-refractivity contribution is 9.11. The molecule has 3 aromatic carbocycles. The second kappa shape index (κ2) is 21.9. The number of carboxylic acid groups (broad SMARTS) is 1. The van der Waals surface area contributed by atoms with Gasteiger partial charge in [0.2, 0.25) is 5.75 Å². The van der Waals surface area contributed by atoms with Crippen molar-refractivity contribution in [2.45, 2.75) is 13.1 Å². The maximum atomic E-state index is 12.6. The Balaban J connectivity index is 0.000000762. The molecular formula is C28H30Br2ClF3N3O10PS. The molecule has 0 heterocycles. The number of nitrogens with zero attached hydrogens (tertiary/aromatic N) is 2. The lowest BCUT2D eigenvalue weighted by Gasteiger charge is -2.14. The van der Waals surface area contributed by atoms with Crippen LogP contribution in [-0.2, 0) is 26.4 Å². The van der Waals surface area contributed by atoms with Gasteiger partial charge in [0.15, 0.2) is 0 Å². The van der Waals surface area contributed by atoms with Crippen LogP contribution in [0.2, 0.25) is 5.02 Å². The second-order valence-electron chi connectivity index (χ2n) is 9.31. The van der Waals surface area contributed by atoms with E-state index in [1.165, 1.54) is 18.2 Å². The molecular weight excluding hydrogens is 854 g/mol. The Morgan fingerprint density at radius 2 is 1.67 bits per heavy atom. The highest BCUT2D eigenvalue weighted by Gasteiger charge is 2.31. The number of nitro groups is 1. The van der Waals surface area contributed by atoms with E-state index >= 15 is 0 Å². The summed E-state index contributed by atoms with van der Waals surface area (Å²) in [6.45, 7) is 1.38. The summed E-state index contributed by atoms with van der Waals surface area (Å²) in [5.74, 6) is -0.938. The number of halogens is 6. The van der Waals surface area contributed by atoms with Gasteiger partial charge in [-0.25, -0.2) is 0 Å². The fourth-order valence-corrected chi connectivity index (χ4v) is 4.60. The summed E-state index contributed by atoms with van der Waals surface area (Å²) in [4.78, 5) is 38.1. The van der Waals surface area contributed by atoms with Gasteiger partial charge in [-0.1, -0.05) is 11.6 Å². The maximum Gasteiger partial charge on any atom is 0.416 e. The molecule has 13 nitrogen and oxygen atoms in total. The molecule has 0 radical (unpaired) electrons. The molecule has 3 rings (SSSR count). The fourth-order valence-electron chi connectivity index (χ4n) is 2.80. The maximum absolute atomic E-state index is 12.6. The van der Waals surface area contributed by atoms with Gasteiger partial charge < -0.3 is 34.0 Å². The highest BCUT2D eigenvalue weighted by atomic mass is 79.9. The lowest BCUT2D eigenvalue weighted by atomic mass is 10.2. The Hall–Kier alpha value is -3.08. The van der Waals surface area contributed by atoms with Crippen molar-refractivity contribution in [1.82, 2.24) is 5.32 Å². The van der Waals surface area contributed by atoms with Crippen LogP contribution in [0.25, 0.3) is 0 Å². The minimum absolute atomic E-state index is 0.0111. The smallest absolute Gasteiger partial charge is 0.416 e. The number of phenolic OH excluding ortho intramolecular Hbond substituents is 1. The number of aliphatic carboxylic acids is 1. The lowest BCUT2D eigenvalue weighted by molar-refractivity contribution is -0.385. The van der Waals surface area contributed by atoms with Crippen molar-refractivity contribution in [3.8, 4) is 29.1 Å². The van der Waals surface area contributed by atoms with E-state index in [4.69, 9.17) is 36.3 Å². The summed E-state index contributed by atoms with van der Waals surface area (Å²) in [5.41, 5.74) is -0.650. The van der Waals surface area contributed by atoms with Gasteiger partial charge >= 0.3 is 17.8 Å². The van der Waals surface area contributed by atoms with Crippen LogP contribution in [-0.4, -0.2) is 64.2 Å². The average Bonchev–Trinajstić information content (AvgIpc) is 2.96. The Morgan fingerprint density at radius 3 is 2.08 bits per heavy atom. The van der Waals surface area contributed by atoms with Crippen LogP contribution >= 0.6 is 51.1 Å². The van der Waals surface area contributed by atoms with E-state index in [0.29, 0.717) is 25.4 Å². The standard InChI is InChI=1S/C15H11ClF3NO4.C7H3Br2NO.C3H8NO5P.C3H9S/c1-2-23-14-8-10(4-5-12(14)20(21)22)24-13-6-3-9(7-11(13)16)15(17,18)19;8-5-1-4(3-10)2-6(9)7(5)11;5-3(6)1-4-2-10(7,8)9;1-4(2)3/h3-8H,2H2,1H3;1-2,11H;4H,1-2H2,(H,5,6)(H2,7,8,9);1-3H3/q;;;+1/p-1. The van der Waals surface area contributed by atoms with E-state index in [1.54, 1.807) is 19.1 Å². The number of hydrogen-bond donors (Lipinski definition) is 4. The monoisotopic (exact) mass is 881 g/mol. The molecule has 3 aromatic rings. The van der Waals surface area contributed by atoms with Crippen molar-refractivity contribution in [2.24, 2.45) is 0 Å². The number of nitro benzene ring substituents is 1. The van der Waals surface area contributed by atoms with Gasteiger partial charge in [0.1, 0.15) is 24.8 Å². The van der Waals surface area contributed by atoms with Crippen molar-refractivity contribution >= 4 is 73.6 Å². The first kappa shape index (κ1) is 45.9. The predicted molar refractivity (Wildman–Crippen MR) is 184 cm³/mol. The zero-order valence-electron chi connectivity index (χ0n) is 26.0. The van der Waals surface area contributed by atoms with Crippen LogP contribution in [0, 0.1) is 21.4 Å². The van der Waals surface area contributed by atoms with Crippen molar-refractivity contribution in [1.29, 1.82) is 5.26 Å². The molecule has 0 bridgehead atoms. The number of phenols is 1. The molecule has 0 saturated carbocycles. The van der Waals surface area contributed by atoms with E-state index in [0.717, 1.165) is 18.2 Å². The second-order valence-corrected chi connectivity index (χ2v) is 15.5. The number of rotatable bonds is 9. The summed E-state index contributed by atoms with van der Waals surface area (Å²) in [6, 6.07) is 11.5. The van der Waals surface area contributed by atoms with Crippen LogP contribution in [0.1, 0.15) is 18.1 Å². The van der Waals surface area contributed by atoms with Crippen LogP contribution in [0.3, 0.4) is 0 Å². The SMILES string of the molecule is CCOc1cc(Oc2ccc(C(F)(F)F)cc2Cl)ccc1[N+](=O)[O-].C[S+](C)C.N#Cc1cc(Br)c(O)c(Br)c1.O=C(O)CNCP(=O)([O-])O. The number of alkyl halides is 3. The molecule has 0 aliphatic heterocycles. The molecule has 0 amide bonds. The van der Waals surface area contributed by atoms with Crippen LogP contribution in [0.15, 0.2) is 57.5 Å². The van der Waals surface area contributed by atoms with Gasteiger partial charge in [0.05, 0.1) is 74.3 Å². The minimum atomic E-state index is -4.52. The van der Waals surface area contributed by atoms with Gasteiger partial charge in [0, 0.05) is 12.1 Å². The number of hydrogen-bond acceptors (Lipinski definition) is 10. The van der Waals surface area contributed by atoms with Gasteiger partial charge in [0.25, 0.3) is 0 Å². The van der Waals surface area contributed by atoms with Crippen LogP contribution in [0.5, 0.6) is 23.0 Å². The quantitative estimate of drug-likeness (QED) is 0.0747. The number of carbonyl (C=O) groups is 1.